The van der Waals surface area contributed by atoms with E-state index in [2.05, 4.69) is 33.0 Å². The number of ether oxygens (including phenoxy) is 1. The molecule has 1 atom stereocenters. The minimum atomic E-state index is -0.493. The summed E-state index contributed by atoms with van der Waals surface area (Å²) in [6.07, 6.45) is 2.84. The van der Waals surface area contributed by atoms with Gasteiger partial charge in [-0.1, -0.05) is 91.3 Å². The molecule has 3 amide bonds. The largest absolute Gasteiger partial charge is 0.462 e. The fraction of sp³-hybridized carbons (Fsp3) is 0.227. The summed E-state index contributed by atoms with van der Waals surface area (Å²) in [6.45, 7) is 8.20. The molecule has 0 radical (unpaired) electrons. The number of amides is 3. The zero-order valence-corrected chi connectivity index (χ0v) is 32.7. The van der Waals surface area contributed by atoms with E-state index in [0.717, 1.165) is 39.6 Å². The van der Waals surface area contributed by atoms with Crippen LogP contribution in [0, 0.1) is 6.92 Å². The Hall–Kier alpha value is -5.49. The van der Waals surface area contributed by atoms with Gasteiger partial charge in [-0.25, -0.2) is 4.79 Å². The Balaban J connectivity index is 1.16. The highest BCUT2D eigenvalue weighted by Gasteiger charge is 2.31. The number of carbonyl (C=O) groups is 4. The Labute approximate surface area is 330 Å². The Kier molecular flexibility index (Phi) is 13.3. The van der Waals surface area contributed by atoms with E-state index in [1.54, 1.807) is 49.4 Å². The number of hydrogen-bond donors (Lipinski definition) is 3. The Morgan fingerprint density at radius 2 is 1.62 bits per heavy atom. The van der Waals surface area contributed by atoms with Crippen LogP contribution in [0.15, 0.2) is 120 Å². The van der Waals surface area contributed by atoms with Gasteiger partial charge in [-0.2, -0.15) is 0 Å². The van der Waals surface area contributed by atoms with Gasteiger partial charge in [0.25, 0.3) is 11.8 Å². The molecule has 11 heteroatoms. The molecule has 3 N–H and O–H groups in total. The van der Waals surface area contributed by atoms with Crippen LogP contribution in [0.25, 0.3) is 6.08 Å². The molecule has 1 aliphatic rings. The highest BCUT2D eigenvalue weighted by atomic mass is 32.2. The number of benzene rings is 4. The molecule has 55 heavy (non-hydrogen) atoms. The summed E-state index contributed by atoms with van der Waals surface area (Å²) in [5.74, 6) is -1.55. The summed E-state index contributed by atoms with van der Waals surface area (Å²) in [4.78, 5) is 58.1. The van der Waals surface area contributed by atoms with Gasteiger partial charge in [-0.05, 0) is 79.8 Å². The average molecular weight is 773 g/mol. The van der Waals surface area contributed by atoms with E-state index in [9.17, 15) is 19.2 Å². The van der Waals surface area contributed by atoms with Gasteiger partial charge in [0.05, 0.1) is 17.4 Å². The number of nitrogens with one attached hydrogen (secondary N) is 3. The van der Waals surface area contributed by atoms with Gasteiger partial charge in [-0.15, -0.1) is 23.1 Å². The van der Waals surface area contributed by atoms with Crippen LogP contribution < -0.4 is 16.0 Å². The molecule has 9 nitrogen and oxygen atoms in total. The van der Waals surface area contributed by atoms with Gasteiger partial charge in [0.2, 0.25) is 5.91 Å². The first-order valence-electron chi connectivity index (χ1n) is 18.3. The molecule has 1 unspecified atom stereocenters. The molecule has 1 aromatic heterocycles. The number of rotatable bonds is 14. The van der Waals surface area contributed by atoms with Gasteiger partial charge in [0, 0.05) is 40.7 Å². The summed E-state index contributed by atoms with van der Waals surface area (Å²) < 4.78 is 5.46. The lowest BCUT2D eigenvalue weighted by Gasteiger charge is -2.27. The van der Waals surface area contributed by atoms with Gasteiger partial charge in [-0.3, -0.25) is 19.3 Å². The molecule has 0 spiro atoms. The summed E-state index contributed by atoms with van der Waals surface area (Å²) in [7, 11) is 0. The van der Waals surface area contributed by atoms with Gasteiger partial charge >= 0.3 is 5.97 Å². The highest BCUT2D eigenvalue weighted by molar-refractivity contribution is 8.00. The van der Waals surface area contributed by atoms with E-state index < -0.39 is 23.0 Å². The van der Waals surface area contributed by atoms with Crippen molar-refractivity contribution in [2.45, 2.75) is 56.8 Å². The predicted octanol–water partition coefficient (Wildman–Crippen LogP) is 8.71. The minimum Gasteiger partial charge on any atom is -0.462 e. The SMILES string of the molecule is CCOC(=O)c1c(NC(=O)C(CC)Sc2cccc(NC(=O)/C(=C/c3ccc(C)cc3)NC(=O)c3ccccc3)c2)sc2c1CCN(Cc1ccccc1)C2. The van der Waals surface area contributed by atoms with Crippen LogP contribution in [-0.2, 0) is 33.8 Å². The summed E-state index contributed by atoms with van der Waals surface area (Å²) >= 11 is 2.81. The van der Waals surface area contributed by atoms with Crippen molar-refractivity contribution in [3.8, 4) is 0 Å². The van der Waals surface area contributed by atoms with Crippen molar-refractivity contribution in [2.24, 2.45) is 0 Å². The molecule has 1 aliphatic heterocycles. The van der Waals surface area contributed by atoms with E-state index in [4.69, 9.17) is 4.74 Å². The van der Waals surface area contributed by atoms with E-state index in [1.807, 2.05) is 74.5 Å². The molecule has 0 aliphatic carbocycles. The molecule has 0 fully saturated rings. The minimum absolute atomic E-state index is 0.0841. The van der Waals surface area contributed by atoms with E-state index >= 15 is 0 Å². The van der Waals surface area contributed by atoms with Crippen molar-refractivity contribution in [1.29, 1.82) is 0 Å². The first kappa shape index (κ1) is 39.2. The van der Waals surface area contributed by atoms with Crippen molar-refractivity contribution in [3.05, 3.63) is 153 Å². The second-order valence-corrected chi connectivity index (χ2v) is 15.5. The van der Waals surface area contributed by atoms with Crippen LogP contribution >= 0.6 is 23.1 Å². The summed E-state index contributed by atoms with van der Waals surface area (Å²) in [5, 5.41) is 8.81. The second kappa shape index (κ2) is 18.7. The number of aryl methyl sites for hydroxylation is 1. The van der Waals surface area contributed by atoms with Crippen LogP contribution in [-0.4, -0.2) is 47.0 Å². The number of fused-ring (bicyclic) bond motifs is 1. The number of hydrogen-bond acceptors (Lipinski definition) is 8. The third-order valence-corrected chi connectivity index (χ3v) is 11.5. The van der Waals surface area contributed by atoms with Gasteiger partial charge < -0.3 is 20.7 Å². The Bertz CT molecular complexity index is 2170. The monoisotopic (exact) mass is 772 g/mol. The summed E-state index contributed by atoms with van der Waals surface area (Å²) in [6, 6.07) is 33.9. The van der Waals surface area contributed by atoms with Gasteiger partial charge in [0.1, 0.15) is 10.7 Å². The fourth-order valence-electron chi connectivity index (χ4n) is 6.24. The first-order valence-corrected chi connectivity index (χ1v) is 20.0. The second-order valence-electron chi connectivity index (χ2n) is 13.1. The van der Waals surface area contributed by atoms with E-state index in [1.165, 1.54) is 28.7 Å². The molecular weight excluding hydrogens is 729 g/mol. The molecule has 282 valence electrons. The maximum absolute atomic E-state index is 13.9. The lowest BCUT2D eigenvalue weighted by atomic mass is 10.0. The third-order valence-electron chi connectivity index (χ3n) is 9.05. The van der Waals surface area contributed by atoms with Crippen LogP contribution in [0.4, 0.5) is 10.7 Å². The van der Waals surface area contributed by atoms with Crippen molar-refractivity contribution >= 4 is 63.6 Å². The molecule has 2 heterocycles. The molecule has 0 bridgehead atoms. The van der Waals surface area contributed by atoms with Gasteiger partial charge in [0.15, 0.2) is 0 Å². The molecular formula is C44H44N4O5S2. The average Bonchev–Trinajstić information content (AvgIpc) is 3.55. The standard InChI is InChI=1S/C44H44N4O5S2/c1-4-37(42(51)47-43-39(44(52)53-5-2)35-23-24-48(28-38(35)55-43)27-31-13-8-6-9-14-31)54-34-18-12-17-33(26-34)45-41(50)36(25-30-21-19-29(3)20-22-30)46-40(49)32-15-10-7-11-16-32/h6-22,25-26,37H,4-5,23-24,27-28H2,1-3H3,(H,45,50)(H,46,49)(H,47,51)/b36-25-. The van der Waals surface area contributed by atoms with Crippen molar-refractivity contribution < 1.29 is 23.9 Å². The molecule has 0 saturated carbocycles. The topological polar surface area (TPSA) is 117 Å². The summed E-state index contributed by atoms with van der Waals surface area (Å²) in [5.41, 5.74) is 5.47. The Morgan fingerprint density at radius 3 is 2.33 bits per heavy atom. The number of thiophene rings is 1. The third kappa shape index (κ3) is 10.4. The normalized spacial score (nSPS) is 13.3. The quantitative estimate of drug-likeness (QED) is 0.0588. The highest BCUT2D eigenvalue weighted by Crippen LogP contribution is 2.39. The zero-order valence-electron chi connectivity index (χ0n) is 31.1. The lowest BCUT2D eigenvalue weighted by molar-refractivity contribution is -0.116. The van der Waals surface area contributed by atoms with Crippen LogP contribution in [0.1, 0.15) is 68.1 Å². The number of anilines is 2. The lowest BCUT2D eigenvalue weighted by Crippen LogP contribution is -2.30. The maximum atomic E-state index is 13.9. The Morgan fingerprint density at radius 1 is 0.891 bits per heavy atom. The fourth-order valence-corrected chi connectivity index (χ4v) is 8.53. The molecule has 6 rings (SSSR count). The predicted molar refractivity (Wildman–Crippen MR) is 221 cm³/mol. The van der Waals surface area contributed by atoms with Crippen LogP contribution in [0.2, 0.25) is 0 Å². The van der Waals surface area contributed by atoms with Crippen LogP contribution in [0.5, 0.6) is 0 Å². The van der Waals surface area contributed by atoms with Crippen LogP contribution in [0.3, 0.4) is 0 Å². The smallest absolute Gasteiger partial charge is 0.341 e. The molecule has 5 aromatic rings. The molecule has 4 aromatic carbocycles. The number of carbonyl (C=O) groups excluding carboxylic acids is 4. The number of nitrogens with zero attached hydrogens (tertiary/aromatic N) is 1. The van der Waals surface area contributed by atoms with Crippen molar-refractivity contribution in [2.75, 3.05) is 23.8 Å². The number of thioether (sulfide) groups is 1. The van der Waals surface area contributed by atoms with E-state index in [-0.39, 0.29) is 18.2 Å². The van der Waals surface area contributed by atoms with Crippen molar-refractivity contribution in [1.82, 2.24) is 10.2 Å². The maximum Gasteiger partial charge on any atom is 0.341 e. The van der Waals surface area contributed by atoms with Crippen molar-refractivity contribution in [3.63, 3.8) is 0 Å². The molecule has 0 saturated heterocycles. The van der Waals surface area contributed by atoms with E-state index in [0.29, 0.717) is 41.2 Å². The zero-order chi connectivity index (χ0) is 38.7. The first-order chi connectivity index (χ1) is 26.7. The number of esters is 1.